The number of aliphatic hydroxyl groups excluding tert-OH is 2. The van der Waals surface area contributed by atoms with Crippen molar-refractivity contribution in [1.29, 1.82) is 0 Å². The number of methoxy groups -OCH3 is 1. The number of carbonyl (C=O) groups is 4. The Hall–Kier alpha value is -4.75. The molecule has 1 aliphatic heterocycles. The molecule has 4 unspecified atom stereocenters. The minimum absolute atomic E-state index is 0.0588. The van der Waals surface area contributed by atoms with E-state index < -0.39 is 108 Å². The molecule has 0 saturated carbocycles. The maximum absolute atomic E-state index is 13.9. The molecule has 17 nitrogen and oxygen atoms in total. The van der Waals surface area contributed by atoms with Gasteiger partial charge in [0.15, 0.2) is 17.9 Å². The first-order valence-electron chi connectivity index (χ1n) is 15.7. The van der Waals surface area contributed by atoms with Crippen molar-refractivity contribution in [2.45, 2.75) is 74.9 Å². The lowest BCUT2D eigenvalue weighted by Gasteiger charge is -2.42. The van der Waals surface area contributed by atoms with Gasteiger partial charge in [0, 0.05) is 54.3 Å². The number of nitrogens with one attached hydrogen (secondary N) is 2. The Kier molecular flexibility index (Phi) is 9.49. The standard InChI is InChI=1S/C33H36N4O13/c1-13-27(40)18(37-50-32(45)17(34)6-14-10-35-12-36-14)7-22(48-13)49-20-9-33(46,21(39)11-38)8-16-24(20)31(44)26-25(29(16)42)28(41)15-4-3-5-19(47-2)23(15)30(26)43/h3-5,10,12-13,17-18,20,22,27,37-38,40,42,44,46H,6-9,11,34H2,1-2H3,(H,35,36)/t13?,17-,18?,20-,22?,27?,33-/m0/s1. The number of aliphatic hydroxyl groups is 3. The van der Waals surface area contributed by atoms with E-state index in [0.717, 1.165) is 0 Å². The highest BCUT2D eigenvalue weighted by Gasteiger charge is 2.50. The number of phenols is 2. The molecule has 266 valence electrons. The molecule has 3 aromatic rings. The number of nitrogens with zero attached hydrogens (tertiary/aromatic N) is 1. The number of ether oxygens (including phenoxy) is 3. The lowest BCUT2D eigenvalue weighted by Crippen LogP contribution is -2.55. The highest BCUT2D eigenvalue weighted by atomic mass is 16.7. The summed E-state index contributed by atoms with van der Waals surface area (Å²) in [6, 6.07) is 2.24. The molecule has 2 aliphatic carbocycles. The number of hydroxylamine groups is 1. The Morgan fingerprint density at radius 1 is 1.18 bits per heavy atom. The second-order valence-corrected chi connectivity index (χ2v) is 12.5. The summed E-state index contributed by atoms with van der Waals surface area (Å²) in [5.74, 6) is -4.93. The maximum atomic E-state index is 13.9. The van der Waals surface area contributed by atoms with Gasteiger partial charge in [-0.3, -0.25) is 14.4 Å². The maximum Gasteiger partial charge on any atom is 0.341 e. The molecule has 6 rings (SSSR count). The van der Waals surface area contributed by atoms with Gasteiger partial charge in [0.1, 0.15) is 35.5 Å². The summed E-state index contributed by atoms with van der Waals surface area (Å²) in [5.41, 5.74) is 4.96. The van der Waals surface area contributed by atoms with Crippen LogP contribution in [0.3, 0.4) is 0 Å². The number of H-pyrrole nitrogens is 1. The summed E-state index contributed by atoms with van der Waals surface area (Å²) in [6.07, 6.45) is -3.25. The van der Waals surface area contributed by atoms with Crippen LogP contribution in [0.2, 0.25) is 0 Å². The number of benzene rings is 2. The highest BCUT2D eigenvalue weighted by Crippen LogP contribution is 2.52. The van der Waals surface area contributed by atoms with Crippen LogP contribution < -0.4 is 16.0 Å². The van der Waals surface area contributed by atoms with E-state index in [9.17, 15) is 44.7 Å². The van der Waals surface area contributed by atoms with Gasteiger partial charge in [-0.25, -0.2) is 9.78 Å². The number of fused-ring (bicyclic) bond motifs is 3. The minimum atomic E-state index is -2.34. The van der Waals surface area contributed by atoms with Gasteiger partial charge in [0.25, 0.3) is 0 Å². The fraction of sp³-hybridized carbons (Fsp3) is 0.424. The monoisotopic (exact) mass is 696 g/mol. The Labute approximate surface area is 283 Å². The van der Waals surface area contributed by atoms with E-state index >= 15 is 0 Å². The van der Waals surface area contributed by atoms with Gasteiger partial charge < -0.3 is 55.3 Å². The summed E-state index contributed by atoms with van der Waals surface area (Å²) in [5, 5.41) is 55.2. The summed E-state index contributed by atoms with van der Waals surface area (Å²) in [7, 11) is 1.30. The molecule has 17 heteroatoms. The number of aromatic amines is 1. The van der Waals surface area contributed by atoms with Gasteiger partial charge in [-0.2, -0.15) is 0 Å². The van der Waals surface area contributed by atoms with Crippen molar-refractivity contribution in [3.63, 3.8) is 0 Å². The molecule has 0 radical (unpaired) electrons. The van der Waals surface area contributed by atoms with Crippen molar-refractivity contribution in [2.24, 2.45) is 5.73 Å². The van der Waals surface area contributed by atoms with Gasteiger partial charge in [0.2, 0.25) is 5.78 Å². The van der Waals surface area contributed by atoms with Crippen LogP contribution >= 0.6 is 0 Å². The van der Waals surface area contributed by atoms with E-state index in [0.29, 0.717) is 5.69 Å². The Morgan fingerprint density at radius 3 is 2.60 bits per heavy atom. The average Bonchev–Trinajstić information content (AvgIpc) is 3.61. The zero-order valence-corrected chi connectivity index (χ0v) is 26.9. The summed E-state index contributed by atoms with van der Waals surface area (Å²) in [6.45, 7) is 0.430. The van der Waals surface area contributed by atoms with Crippen LogP contribution in [0, 0.1) is 0 Å². The number of phenolic OH excluding ortho intramolecular Hbond substituents is 2. The molecule has 0 amide bonds. The molecule has 1 fully saturated rings. The van der Waals surface area contributed by atoms with E-state index in [1.807, 2.05) is 0 Å². The number of aromatic nitrogens is 2. The fourth-order valence-corrected chi connectivity index (χ4v) is 6.76. The second kappa shape index (κ2) is 13.5. The Bertz CT molecular complexity index is 1850. The largest absolute Gasteiger partial charge is 0.507 e. The van der Waals surface area contributed by atoms with E-state index in [1.54, 1.807) is 0 Å². The molecule has 2 heterocycles. The lowest BCUT2D eigenvalue weighted by molar-refractivity contribution is -0.256. The number of ketones is 3. The third-order valence-electron chi connectivity index (χ3n) is 9.37. The molecular formula is C33H36N4O13. The number of rotatable bonds is 10. The van der Waals surface area contributed by atoms with Gasteiger partial charge in [0.05, 0.1) is 54.5 Å². The number of Topliss-reactive ketones (excluding diaryl/α,β-unsaturated/α-hetero) is 1. The summed E-state index contributed by atoms with van der Waals surface area (Å²) >= 11 is 0. The van der Waals surface area contributed by atoms with Crippen molar-refractivity contribution < 1.29 is 63.8 Å². The second-order valence-electron chi connectivity index (χ2n) is 12.5. The van der Waals surface area contributed by atoms with Crippen LogP contribution in [0.25, 0.3) is 0 Å². The molecule has 0 bridgehead atoms. The molecule has 0 spiro atoms. The quantitative estimate of drug-likeness (QED) is 0.0758. The van der Waals surface area contributed by atoms with Gasteiger partial charge in [-0.05, 0) is 13.0 Å². The van der Waals surface area contributed by atoms with E-state index in [4.69, 9.17) is 24.8 Å². The third kappa shape index (κ3) is 6.02. The van der Waals surface area contributed by atoms with Crippen molar-refractivity contribution in [1.82, 2.24) is 15.4 Å². The molecule has 3 aliphatic rings. The smallest absolute Gasteiger partial charge is 0.341 e. The zero-order valence-electron chi connectivity index (χ0n) is 26.9. The Morgan fingerprint density at radius 2 is 1.92 bits per heavy atom. The van der Waals surface area contributed by atoms with Crippen LogP contribution in [-0.4, -0.2) is 109 Å². The van der Waals surface area contributed by atoms with E-state index in [1.165, 1.54) is 44.8 Å². The lowest BCUT2D eigenvalue weighted by atomic mass is 9.72. The average molecular weight is 697 g/mol. The zero-order chi connectivity index (χ0) is 36.1. The number of hydrogen-bond donors (Lipinski definition) is 8. The normalized spacial score (nSPS) is 26.4. The SMILES string of the molecule is COc1cccc2c1C(=O)c1c(O)c3c(c(O)c1C2=O)C[C@@](O)(C(=O)CO)C[C@@H]3OC1CC(NOC(=O)[C@@H](N)Cc2cnc[nH]2)C(O)C(C)O1. The Balaban J connectivity index is 1.32. The number of aromatic hydroxyl groups is 2. The predicted molar refractivity (Wildman–Crippen MR) is 167 cm³/mol. The summed E-state index contributed by atoms with van der Waals surface area (Å²) in [4.78, 5) is 64.8. The van der Waals surface area contributed by atoms with Gasteiger partial charge >= 0.3 is 5.97 Å². The molecular weight excluding hydrogens is 660 g/mol. The molecule has 50 heavy (non-hydrogen) atoms. The molecule has 9 N–H and O–H groups in total. The molecule has 2 aromatic carbocycles. The number of imidazole rings is 1. The van der Waals surface area contributed by atoms with Crippen molar-refractivity contribution in [3.8, 4) is 17.2 Å². The number of nitrogens with two attached hydrogens (primary N) is 1. The summed E-state index contributed by atoms with van der Waals surface area (Å²) < 4.78 is 17.3. The molecule has 1 aromatic heterocycles. The number of carbonyl (C=O) groups excluding carboxylic acids is 4. The third-order valence-corrected chi connectivity index (χ3v) is 9.37. The number of hydrogen-bond acceptors (Lipinski definition) is 16. The first-order chi connectivity index (χ1) is 23.8. The first kappa shape index (κ1) is 35.1. The molecule has 7 atom stereocenters. The van der Waals surface area contributed by atoms with Gasteiger partial charge in [-0.1, -0.05) is 12.1 Å². The van der Waals surface area contributed by atoms with E-state index in [2.05, 4.69) is 15.4 Å². The van der Waals surface area contributed by atoms with Crippen molar-refractivity contribution in [2.75, 3.05) is 13.7 Å². The van der Waals surface area contributed by atoms with Crippen LogP contribution in [0.1, 0.15) is 74.5 Å². The van der Waals surface area contributed by atoms with Gasteiger partial charge in [-0.15, -0.1) is 5.48 Å². The van der Waals surface area contributed by atoms with Crippen LogP contribution in [0.4, 0.5) is 0 Å². The fourth-order valence-electron chi connectivity index (χ4n) is 6.76. The van der Waals surface area contributed by atoms with E-state index in [-0.39, 0.29) is 40.8 Å². The molecule has 1 saturated heterocycles. The minimum Gasteiger partial charge on any atom is -0.507 e. The highest BCUT2D eigenvalue weighted by molar-refractivity contribution is 6.31. The van der Waals surface area contributed by atoms with Crippen LogP contribution in [0.15, 0.2) is 30.7 Å². The van der Waals surface area contributed by atoms with Crippen LogP contribution in [0.5, 0.6) is 17.2 Å². The topological polar surface area (TPSA) is 273 Å². The first-order valence-corrected chi connectivity index (χ1v) is 15.7. The predicted octanol–water partition coefficient (Wildman–Crippen LogP) is -0.616. The van der Waals surface area contributed by atoms with Crippen molar-refractivity contribution >= 4 is 23.3 Å². The van der Waals surface area contributed by atoms with Crippen LogP contribution in [-0.2, 0) is 36.7 Å². The van der Waals surface area contributed by atoms with Crippen molar-refractivity contribution in [3.05, 3.63) is 69.8 Å².